The lowest BCUT2D eigenvalue weighted by molar-refractivity contribution is 0.0978. The summed E-state index contributed by atoms with van der Waals surface area (Å²) < 4.78 is 23.9. The average molecular weight is 178 g/mol. The van der Waals surface area contributed by atoms with E-state index in [0.717, 1.165) is 25.9 Å². The van der Waals surface area contributed by atoms with Crippen LogP contribution in [0.3, 0.4) is 0 Å². The van der Waals surface area contributed by atoms with Crippen LogP contribution in [0.2, 0.25) is 0 Å². The minimum absolute atomic E-state index is 0.0684. The zero-order valence-electron chi connectivity index (χ0n) is 7.18. The molecule has 1 rings (SSSR count). The summed E-state index contributed by atoms with van der Waals surface area (Å²) in [6.07, 6.45) is -0.189. The first-order valence-electron chi connectivity index (χ1n) is 4.43. The number of rotatable bonds is 4. The SMILES string of the molecule is NCCC1CCN(CC(F)F)C1. The van der Waals surface area contributed by atoms with Crippen LogP contribution in [-0.4, -0.2) is 37.5 Å². The molecule has 0 aromatic heterocycles. The molecule has 0 bridgehead atoms. The molecule has 4 heteroatoms. The van der Waals surface area contributed by atoms with Gasteiger partial charge in [-0.1, -0.05) is 0 Å². The maximum atomic E-state index is 11.9. The zero-order valence-corrected chi connectivity index (χ0v) is 7.18. The molecule has 0 aromatic carbocycles. The molecule has 12 heavy (non-hydrogen) atoms. The Morgan fingerprint density at radius 3 is 2.83 bits per heavy atom. The predicted molar refractivity (Wildman–Crippen MR) is 44.2 cm³/mol. The van der Waals surface area contributed by atoms with Crippen LogP contribution in [0.5, 0.6) is 0 Å². The van der Waals surface area contributed by atoms with Crippen molar-refractivity contribution in [3.63, 3.8) is 0 Å². The molecule has 0 amide bonds. The van der Waals surface area contributed by atoms with Gasteiger partial charge in [-0.3, -0.25) is 4.90 Å². The highest BCUT2D eigenvalue weighted by Crippen LogP contribution is 2.19. The predicted octanol–water partition coefficient (Wildman–Crippen LogP) is 0.922. The van der Waals surface area contributed by atoms with Crippen molar-refractivity contribution in [2.24, 2.45) is 11.7 Å². The topological polar surface area (TPSA) is 29.3 Å². The lowest BCUT2D eigenvalue weighted by Gasteiger charge is -2.14. The molecule has 1 saturated heterocycles. The molecule has 0 aliphatic carbocycles. The molecular weight excluding hydrogens is 162 g/mol. The first kappa shape index (κ1) is 9.86. The highest BCUT2D eigenvalue weighted by atomic mass is 19.3. The van der Waals surface area contributed by atoms with E-state index in [-0.39, 0.29) is 6.54 Å². The van der Waals surface area contributed by atoms with Gasteiger partial charge in [0.25, 0.3) is 6.43 Å². The maximum absolute atomic E-state index is 11.9. The number of nitrogens with zero attached hydrogens (tertiary/aromatic N) is 1. The van der Waals surface area contributed by atoms with Crippen LogP contribution in [0.1, 0.15) is 12.8 Å². The third kappa shape index (κ3) is 3.03. The number of halogens is 2. The fourth-order valence-electron chi connectivity index (χ4n) is 1.75. The standard InChI is InChI=1S/C8H16F2N2/c9-8(10)6-12-4-2-7(5-12)1-3-11/h7-8H,1-6,11H2. The first-order chi connectivity index (χ1) is 5.72. The van der Waals surface area contributed by atoms with Crippen molar-refractivity contribution in [1.29, 1.82) is 0 Å². The molecule has 1 unspecified atom stereocenters. The Hall–Kier alpha value is -0.220. The van der Waals surface area contributed by atoms with Crippen molar-refractivity contribution in [3.05, 3.63) is 0 Å². The lowest BCUT2D eigenvalue weighted by Crippen LogP contribution is -2.26. The van der Waals surface area contributed by atoms with Crippen molar-refractivity contribution >= 4 is 0 Å². The summed E-state index contributed by atoms with van der Waals surface area (Å²) in [5.74, 6) is 0.550. The summed E-state index contributed by atoms with van der Waals surface area (Å²) in [5, 5.41) is 0. The van der Waals surface area contributed by atoms with Crippen molar-refractivity contribution in [2.45, 2.75) is 19.3 Å². The van der Waals surface area contributed by atoms with Crippen LogP contribution in [-0.2, 0) is 0 Å². The molecule has 72 valence electrons. The van der Waals surface area contributed by atoms with Gasteiger partial charge in [0, 0.05) is 6.54 Å². The van der Waals surface area contributed by atoms with Gasteiger partial charge in [0.15, 0.2) is 0 Å². The van der Waals surface area contributed by atoms with Crippen LogP contribution >= 0.6 is 0 Å². The molecule has 1 heterocycles. The van der Waals surface area contributed by atoms with Gasteiger partial charge in [0.05, 0.1) is 6.54 Å². The molecule has 1 aliphatic rings. The highest BCUT2D eigenvalue weighted by Gasteiger charge is 2.23. The van der Waals surface area contributed by atoms with Crippen LogP contribution < -0.4 is 5.73 Å². The summed E-state index contributed by atoms with van der Waals surface area (Å²) in [6.45, 7) is 2.23. The maximum Gasteiger partial charge on any atom is 0.251 e. The summed E-state index contributed by atoms with van der Waals surface area (Å²) in [7, 11) is 0. The Balaban J connectivity index is 2.16. The van der Waals surface area contributed by atoms with Crippen molar-refractivity contribution in [1.82, 2.24) is 4.90 Å². The Morgan fingerprint density at radius 1 is 1.50 bits per heavy atom. The second-order valence-electron chi connectivity index (χ2n) is 3.38. The Bertz CT molecular complexity index is 130. The van der Waals surface area contributed by atoms with Gasteiger partial charge in [-0.15, -0.1) is 0 Å². The van der Waals surface area contributed by atoms with E-state index in [1.807, 2.05) is 4.90 Å². The Kier molecular flexibility index (Phi) is 3.88. The van der Waals surface area contributed by atoms with Crippen molar-refractivity contribution in [3.8, 4) is 0 Å². The van der Waals surface area contributed by atoms with E-state index in [2.05, 4.69) is 0 Å². The largest absolute Gasteiger partial charge is 0.330 e. The molecule has 2 N–H and O–H groups in total. The van der Waals surface area contributed by atoms with Crippen LogP contribution in [0.4, 0.5) is 8.78 Å². The van der Waals surface area contributed by atoms with E-state index >= 15 is 0 Å². The number of likely N-dealkylation sites (tertiary alicyclic amines) is 1. The van der Waals surface area contributed by atoms with Gasteiger partial charge in [-0.05, 0) is 31.8 Å². The average Bonchev–Trinajstić information content (AvgIpc) is 2.36. The second kappa shape index (κ2) is 4.72. The molecule has 0 spiro atoms. The number of alkyl halides is 2. The van der Waals surface area contributed by atoms with E-state index in [0.29, 0.717) is 12.5 Å². The van der Waals surface area contributed by atoms with Crippen molar-refractivity contribution < 1.29 is 8.78 Å². The van der Waals surface area contributed by atoms with Gasteiger partial charge in [0.1, 0.15) is 0 Å². The van der Waals surface area contributed by atoms with E-state index in [9.17, 15) is 8.78 Å². The van der Waals surface area contributed by atoms with Crippen molar-refractivity contribution in [2.75, 3.05) is 26.2 Å². The Labute approximate surface area is 71.7 Å². The smallest absolute Gasteiger partial charge is 0.251 e. The third-order valence-electron chi connectivity index (χ3n) is 2.34. The monoisotopic (exact) mass is 178 g/mol. The van der Waals surface area contributed by atoms with Crippen LogP contribution in [0.15, 0.2) is 0 Å². The summed E-state index contributed by atoms with van der Waals surface area (Å²) >= 11 is 0. The molecule has 2 nitrogen and oxygen atoms in total. The number of nitrogens with two attached hydrogens (primary N) is 1. The highest BCUT2D eigenvalue weighted by molar-refractivity contribution is 4.75. The van der Waals surface area contributed by atoms with E-state index in [1.54, 1.807) is 0 Å². The molecule has 0 aromatic rings. The molecule has 1 aliphatic heterocycles. The minimum Gasteiger partial charge on any atom is -0.330 e. The van der Waals surface area contributed by atoms with Gasteiger partial charge in [0.2, 0.25) is 0 Å². The minimum atomic E-state index is -2.19. The van der Waals surface area contributed by atoms with E-state index in [1.165, 1.54) is 0 Å². The first-order valence-corrected chi connectivity index (χ1v) is 4.43. The van der Waals surface area contributed by atoms with Gasteiger partial charge in [-0.2, -0.15) is 0 Å². The van der Waals surface area contributed by atoms with Crippen LogP contribution in [0.25, 0.3) is 0 Å². The van der Waals surface area contributed by atoms with Gasteiger partial charge < -0.3 is 5.73 Å². The molecular formula is C8H16F2N2. The molecule has 0 saturated carbocycles. The zero-order chi connectivity index (χ0) is 8.97. The fraction of sp³-hybridized carbons (Fsp3) is 1.00. The van der Waals surface area contributed by atoms with E-state index < -0.39 is 6.43 Å². The summed E-state index contributed by atoms with van der Waals surface area (Å²) in [5.41, 5.74) is 5.39. The lowest BCUT2D eigenvalue weighted by atomic mass is 10.1. The molecule has 1 fully saturated rings. The van der Waals surface area contributed by atoms with Gasteiger partial charge in [-0.25, -0.2) is 8.78 Å². The summed E-state index contributed by atoms with van der Waals surface area (Å²) in [4.78, 5) is 1.82. The second-order valence-corrected chi connectivity index (χ2v) is 3.38. The fourth-order valence-corrected chi connectivity index (χ4v) is 1.75. The Morgan fingerprint density at radius 2 is 2.25 bits per heavy atom. The normalized spacial score (nSPS) is 25.5. The van der Waals surface area contributed by atoms with Gasteiger partial charge >= 0.3 is 0 Å². The number of hydrogen-bond acceptors (Lipinski definition) is 2. The number of hydrogen-bond donors (Lipinski definition) is 1. The third-order valence-corrected chi connectivity index (χ3v) is 2.34. The summed E-state index contributed by atoms with van der Waals surface area (Å²) in [6, 6.07) is 0. The molecule has 1 atom stereocenters. The quantitative estimate of drug-likeness (QED) is 0.693. The molecule has 0 radical (unpaired) electrons. The van der Waals surface area contributed by atoms with E-state index in [4.69, 9.17) is 5.73 Å². The van der Waals surface area contributed by atoms with Crippen LogP contribution in [0, 0.1) is 5.92 Å².